The number of hydrogen-bond donors (Lipinski definition) is 2. The number of primary amides is 2. The first-order valence-electron chi connectivity index (χ1n) is 2.69. The molecule has 0 unspecified atom stereocenters. The van der Waals surface area contributed by atoms with Crippen molar-refractivity contribution in [3.8, 4) is 0 Å². The monoisotopic (exact) mass is 137 g/mol. The summed E-state index contributed by atoms with van der Waals surface area (Å²) in [7, 11) is 0. The molecular weight excluding hydrogens is 128 g/mol. The second-order valence-corrected chi connectivity index (χ2v) is 1.48. The summed E-state index contributed by atoms with van der Waals surface area (Å²) >= 11 is 0. The highest BCUT2D eigenvalue weighted by Crippen LogP contribution is 1.78. The van der Waals surface area contributed by atoms with Crippen LogP contribution in [0.2, 0.25) is 0 Å². The van der Waals surface area contributed by atoms with Crippen LogP contribution in [-0.2, 0) is 0 Å². The van der Waals surface area contributed by atoms with Crippen molar-refractivity contribution in [3.63, 3.8) is 0 Å². The van der Waals surface area contributed by atoms with Crippen LogP contribution in [0.25, 0.3) is 0 Å². The number of benzene rings is 1. The van der Waals surface area contributed by atoms with Gasteiger partial charge in [0, 0.05) is 0 Å². The maximum absolute atomic E-state index is 9.00. The molecule has 0 atom stereocenters. The predicted octanol–water partition coefficient (Wildman–Crippen LogP) is 0.511. The maximum atomic E-state index is 9.00. The largest absolute Gasteiger partial charge is 0.352 e. The molecule has 1 radical (unpaired) electrons. The van der Waals surface area contributed by atoms with Crippen molar-refractivity contribution in [2.45, 2.75) is 0 Å². The zero-order valence-electron chi connectivity index (χ0n) is 5.45. The van der Waals surface area contributed by atoms with E-state index in [0.29, 0.717) is 0 Å². The third-order valence-corrected chi connectivity index (χ3v) is 0.607. The molecule has 1 aromatic rings. The van der Waals surface area contributed by atoms with Crippen molar-refractivity contribution >= 4 is 6.03 Å². The van der Waals surface area contributed by atoms with E-state index in [1.807, 2.05) is 30.3 Å². The Morgan fingerprint density at radius 2 is 1.50 bits per heavy atom. The van der Waals surface area contributed by atoms with Gasteiger partial charge in [0.15, 0.2) is 0 Å². The highest BCUT2D eigenvalue weighted by Gasteiger charge is 1.60. The number of rotatable bonds is 0. The fourth-order valence-corrected chi connectivity index (χ4v) is 0.342. The fraction of sp³-hybridized carbons (Fsp3) is 0. The molecule has 0 saturated heterocycles. The van der Waals surface area contributed by atoms with Gasteiger partial charge in [0.2, 0.25) is 0 Å². The minimum Gasteiger partial charge on any atom is -0.352 e. The van der Waals surface area contributed by atoms with Gasteiger partial charge in [-0.3, -0.25) is 0 Å². The molecule has 0 aliphatic carbocycles. The van der Waals surface area contributed by atoms with E-state index in [1.54, 1.807) is 0 Å². The molecule has 0 spiro atoms. The molecule has 0 saturated carbocycles. The van der Waals surface area contributed by atoms with Crippen LogP contribution in [-0.4, -0.2) is 6.03 Å². The summed E-state index contributed by atoms with van der Waals surface area (Å²) in [6.45, 7) is 0. The summed E-state index contributed by atoms with van der Waals surface area (Å²) in [4.78, 5) is 9.00. The van der Waals surface area contributed by atoms with Crippen LogP contribution in [0.4, 0.5) is 4.79 Å². The van der Waals surface area contributed by atoms with Crippen molar-refractivity contribution in [3.05, 3.63) is 36.4 Å². The molecule has 4 N–H and O–H groups in total. The van der Waals surface area contributed by atoms with E-state index in [4.69, 9.17) is 4.79 Å². The van der Waals surface area contributed by atoms with Gasteiger partial charge >= 0.3 is 6.03 Å². The van der Waals surface area contributed by atoms with Gasteiger partial charge in [-0.1, -0.05) is 30.3 Å². The predicted molar refractivity (Wildman–Crippen MR) is 39.0 cm³/mol. The van der Waals surface area contributed by atoms with Crippen LogP contribution < -0.4 is 11.5 Å². The van der Waals surface area contributed by atoms with Gasteiger partial charge in [-0.05, 0) is 6.07 Å². The minimum absolute atomic E-state index is 0.833. The molecule has 0 heterocycles. The van der Waals surface area contributed by atoms with E-state index in [1.165, 1.54) is 0 Å². The number of amides is 2. The van der Waals surface area contributed by atoms with Gasteiger partial charge in [0.25, 0.3) is 0 Å². The SMILES string of the molecule is NC(N)=O.[c]1ccccc1. The van der Waals surface area contributed by atoms with E-state index >= 15 is 0 Å². The maximum Gasteiger partial charge on any atom is 0.309 e. The van der Waals surface area contributed by atoms with E-state index in [2.05, 4.69) is 17.5 Å². The quantitative estimate of drug-likeness (QED) is 0.537. The van der Waals surface area contributed by atoms with Crippen molar-refractivity contribution < 1.29 is 4.79 Å². The second kappa shape index (κ2) is 5.62. The van der Waals surface area contributed by atoms with Gasteiger partial charge < -0.3 is 11.5 Å². The molecule has 0 fully saturated rings. The molecule has 1 rings (SSSR count). The fourth-order valence-electron chi connectivity index (χ4n) is 0.342. The van der Waals surface area contributed by atoms with Gasteiger partial charge in [0.05, 0.1) is 0 Å². The van der Waals surface area contributed by atoms with Crippen LogP contribution in [0.1, 0.15) is 0 Å². The van der Waals surface area contributed by atoms with Crippen molar-refractivity contribution in [1.29, 1.82) is 0 Å². The zero-order chi connectivity index (χ0) is 7.82. The van der Waals surface area contributed by atoms with Crippen LogP contribution in [0.5, 0.6) is 0 Å². The molecule has 53 valence electrons. The van der Waals surface area contributed by atoms with E-state index in [9.17, 15) is 0 Å². The Balaban J connectivity index is 0.000000180. The number of carbonyl (C=O) groups excluding carboxylic acids is 1. The van der Waals surface area contributed by atoms with Crippen LogP contribution in [0.3, 0.4) is 0 Å². The first-order valence-corrected chi connectivity index (χ1v) is 2.69. The topological polar surface area (TPSA) is 69.1 Å². The lowest BCUT2D eigenvalue weighted by atomic mass is 10.4. The summed E-state index contributed by atoms with van der Waals surface area (Å²) in [6.07, 6.45) is 0. The number of hydrogen-bond acceptors (Lipinski definition) is 1. The lowest BCUT2D eigenvalue weighted by Gasteiger charge is -1.68. The molecule has 0 aliphatic heterocycles. The third-order valence-electron chi connectivity index (χ3n) is 0.607. The highest BCUT2D eigenvalue weighted by atomic mass is 16.2. The Labute approximate surface area is 59.6 Å². The van der Waals surface area contributed by atoms with Crippen molar-refractivity contribution in [1.82, 2.24) is 0 Å². The molecule has 10 heavy (non-hydrogen) atoms. The Kier molecular flexibility index (Phi) is 4.77. The molecular formula is C7H9N2O. The lowest BCUT2D eigenvalue weighted by Crippen LogP contribution is -2.18. The minimum atomic E-state index is -0.833. The summed E-state index contributed by atoms with van der Waals surface area (Å²) in [6, 6.07) is 11.7. The summed E-state index contributed by atoms with van der Waals surface area (Å²) in [5, 5.41) is 0. The van der Waals surface area contributed by atoms with Gasteiger partial charge in [-0.15, -0.1) is 0 Å². The summed E-state index contributed by atoms with van der Waals surface area (Å²) in [5.41, 5.74) is 8.50. The molecule has 2 amide bonds. The van der Waals surface area contributed by atoms with E-state index < -0.39 is 6.03 Å². The number of urea groups is 1. The second-order valence-electron chi connectivity index (χ2n) is 1.48. The molecule has 0 bridgehead atoms. The Hall–Kier alpha value is -1.51. The average Bonchev–Trinajstić information content (AvgIpc) is 1.90. The van der Waals surface area contributed by atoms with Gasteiger partial charge in [-0.25, -0.2) is 4.79 Å². The summed E-state index contributed by atoms with van der Waals surface area (Å²) < 4.78 is 0. The molecule has 3 nitrogen and oxygen atoms in total. The first kappa shape index (κ1) is 8.49. The van der Waals surface area contributed by atoms with E-state index in [-0.39, 0.29) is 0 Å². The van der Waals surface area contributed by atoms with E-state index in [0.717, 1.165) is 0 Å². The lowest BCUT2D eigenvalue weighted by molar-refractivity contribution is 0.256. The van der Waals surface area contributed by atoms with Crippen molar-refractivity contribution in [2.75, 3.05) is 0 Å². The van der Waals surface area contributed by atoms with Gasteiger partial charge in [-0.2, -0.15) is 0 Å². The molecule has 1 aromatic carbocycles. The average molecular weight is 137 g/mol. The van der Waals surface area contributed by atoms with Crippen molar-refractivity contribution in [2.24, 2.45) is 11.5 Å². The number of carbonyl (C=O) groups is 1. The standard InChI is InChI=1S/C6H5.CH4N2O/c1-2-4-6-5-3-1;2-1(3)4/h1-5H;(H4,2,3,4). The van der Waals surface area contributed by atoms with Crippen LogP contribution in [0, 0.1) is 6.07 Å². The normalized spacial score (nSPS) is 7.20. The molecule has 0 aromatic heterocycles. The van der Waals surface area contributed by atoms with Crippen LogP contribution in [0.15, 0.2) is 30.3 Å². The zero-order valence-corrected chi connectivity index (χ0v) is 5.45. The Bertz CT molecular complexity index is 144. The third kappa shape index (κ3) is 9.70. The molecule has 0 aliphatic rings. The number of nitrogens with two attached hydrogens (primary N) is 2. The Morgan fingerprint density at radius 3 is 1.60 bits per heavy atom. The Morgan fingerprint density at radius 1 is 1.10 bits per heavy atom. The van der Waals surface area contributed by atoms with Crippen LogP contribution >= 0.6 is 0 Å². The highest BCUT2D eigenvalue weighted by molar-refractivity contribution is 5.69. The smallest absolute Gasteiger partial charge is 0.309 e. The summed E-state index contributed by atoms with van der Waals surface area (Å²) in [5.74, 6) is 0. The molecule has 3 heteroatoms. The van der Waals surface area contributed by atoms with Gasteiger partial charge in [0.1, 0.15) is 0 Å². The first-order chi connectivity index (χ1) is 4.73.